The fourth-order valence-electron chi connectivity index (χ4n) is 2.22. The van der Waals surface area contributed by atoms with Crippen molar-refractivity contribution in [2.75, 3.05) is 7.11 Å². The van der Waals surface area contributed by atoms with Crippen molar-refractivity contribution in [3.63, 3.8) is 0 Å². The number of halogens is 1. The topological polar surface area (TPSA) is 35.5 Å². The highest BCUT2D eigenvalue weighted by atomic mass is 127. The first kappa shape index (κ1) is 20.9. The maximum Gasteiger partial charge on any atom is 0.305 e. The Labute approximate surface area is 144 Å². The lowest BCUT2D eigenvalue weighted by molar-refractivity contribution is -0.140. The van der Waals surface area contributed by atoms with Gasteiger partial charge in [-0.2, -0.15) is 0 Å². The molecule has 0 amide bonds. The lowest BCUT2D eigenvalue weighted by Gasteiger charge is -2.31. The number of hydrogen-bond donors (Lipinski definition) is 0. The molecule has 3 nitrogen and oxygen atoms in total. The minimum absolute atomic E-state index is 0.155. The fraction of sp³-hybridized carbons (Fsp3) is 0.688. The monoisotopic (exact) mass is 424 g/mol. The van der Waals surface area contributed by atoms with E-state index in [1.54, 1.807) is 0 Å². The van der Waals surface area contributed by atoms with Crippen molar-refractivity contribution in [2.24, 2.45) is 0 Å². The molecule has 0 radical (unpaired) electrons. The smallest absolute Gasteiger partial charge is 0.305 e. The van der Waals surface area contributed by atoms with E-state index >= 15 is 0 Å². The van der Waals surface area contributed by atoms with Crippen LogP contribution < -0.4 is 0 Å². The van der Waals surface area contributed by atoms with Crippen molar-refractivity contribution in [3.05, 3.63) is 22.3 Å². The molecular weight excluding hydrogens is 395 g/mol. The highest BCUT2D eigenvalue weighted by Crippen LogP contribution is 2.25. The predicted octanol–water partition coefficient (Wildman–Crippen LogP) is 5.23. The number of carbonyl (C=O) groups is 1. The largest absolute Gasteiger partial charge is 0.469 e. The van der Waals surface area contributed by atoms with Gasteiger partial charge in [0.15, 0.2) is 8.32 Å². The Bertz CT molecular complexity index is 330. The molecule has 0 rings (SSSR count). The summed E-state index contributed by atoms with van der Waals surface area (Å²) in [7, 11) is -0.150. The third-order valence-electron chi connectivity index (χ3n) is 3.90. The van der Waals surface area contributed by atoms with Crippen LogP contribution in [0.4, 0.5) is 0 Å². The van der Waals surface area contributed by atoms with Crippen LogP contribution in [0.15, 0.2) is 22.3 Å². The number of ether oxygens (including phenoxy) is 1. The zero-order chi connectivity index (χ0) is 16.1. The Morgan fingerprint density at radius 2 is 1.81 bits per heavy atom. The fourth-order valence-corrected chi connectivity index (χ4v) is 5.50. The van der Waals surface area contributed by atoms with Gasteiger partial charge in [0.1, 0.15) is 0 Å². The van der Waals surface area contributed by atoms with Crippen molar-refractivity contribution >= 4 is 36.9 Å². The van der Waals surface area contributed by atoms with E-state index in [0.29, 0.717) is 6.42 Å². The minimum Gasteiger partial charge on any atom is -0.469 e. The molecule has 0 N–H and O–H groups in total. The molecule has 0 aliphatic heterocycles. The van der Waals surface area contributed by atoms with Crippen LogP contribution in [0.3, 0.4) is 0 Å². The van der Waals surface area contributed by atoms with Gasteiger partial charge in [0.25, 0.3) is 0 Å². The summed E-state index contributed by atoms with van der Waals surface area (Å²) >= 11 is 2.24. The average Bonchev–Trinajstić information content (AvgIpc) is 2.52. The standard InChI is InChI=1S/C16H29IO3Si/c1-5-21(6-2,7-3)20-15(13-14-17)11-9-8-10-12-16(18)19-4/h8-9,13-15H,5-7,10-12H2,1-4H3/b9-8-,14-13+/t15-/m0/s1. The van der Waals surface area contributed by atoms with Crippen LogP contribution in [0.2, 0.25) is 18.1 Å². The number of carbonyl (C=O) groups excluding carboxylic acids is 1. The van der Waals surface area contributed by atoms with E-state index in [1.807, 2.05) is 10.2 Å². The van der Waals surface area contributed by atoms with Gasteiger partial charge in [0, 0.05) is 6.42 Å². The Balaban J connectivity index is 4.43. The van der Waals surface area contributed by atoms with Crippen LogP contribution in [0.5, 0.6) is 0 Å². The molecule has 0 heterocycles. The van der Waals surface area contributed by atoms with Gasteiger partial charge in [-0.25, -0.2) is 0 Å². The van der Waals surface area contributed by atoms with Crippen LogP contribution in [-0.2, 0) is 14.0 Å². The predicted molar refractivity (Wildman–Crippen MR) is 100 cm³/mol. The average molecular weight is 424 g/mol. The molecule has 0 unspecified atom stereocenters. The van der Waals surface area contributed by atoms with E-state index in [0.717, 1.165) is 31.0 Å². The molecule has 5 heteroatoms. The van der Waals surface area contributed by atoms with Crippen molar-refractivity contribution < 1.29 is 14.0 Å². The molecule has 122 valence electrons. The van der Waals surface area contributed by atoms with Crippen LogP contribution in [-0.4, -0.2) is 27.5 Å². The summed E-state index contributed by atoms with van der Waals surface area (Å²) in [5, 5.41) is 0. The first-order valence-corrected chi connectivity index (χ1v) is 11.5. The number of methoxy groups -OCH3 is 1. The molecular formula is C16H29IO3Si. The van der Waals surface area contributed by atoms with E-state index in [4.69, 9.17) is 4.43 Å². The number of allylic oxidation sites excluding steroid dienone is 1. The molecule has 0 spiro atoms. The summed E-state index contributed by atoms with van der Waals surface area (Å²) in [6.07, 6.45) is 8.49. The summed E-state index contributed by atoms with van der Waals surface area (Å²) in [6, 6.07) is 3.49. The first-order valence-electron chi connectivity index (χ1n) is 7.73. The zero-order valence-electron chi connectivity index (χ0n) is 13.7. The molecule has 0 saturated carbocycles. The molecule has 0 aliphatic rings. The van der Waals surface area contributed by atoms with Gasteiger partial charge in [-0.15, -0.1) is 0 Å². The SMILES string of the molecule is CC[Si](CC)(CC)O[C@H](/C=C/I)C/C=C\CCC(=O)OC. The van der Waals surface area contributed by atoms with Crippen molar-refractivity contribution in [2.45, 2.75) is 64.3 Å². The van der Waals surface area contributed by atoms with Crippen LogP contribution >= 0.6 is 22.6 Å². The van der Waals surface area contributed by atoms with Gasteiger partial charge in [-0.05, 0) is 35.1 Å². The molecule has 0 saturated heterocycles. The second-order valence-corrected chi connectivity index (χ2v) is 10.5. The molecule has 0 aromatic heterocycles. The summed E-state index contributed by atoms with van der Waals surface area (Å²) < 4.78 is 13.1. The van der Waals surface area contributed by atoms with Gasteiger partial charge >= 0.3 is 5.97 Å². The molecule has 21 heavy (non-hydrogen) atoms. The number of hydrogen-bond acceptors (Lipinski definition) is 3. The first-order chi connectivity index (χ1) is 10.1. The second kappa shape index (κ2) is 12.4. The highest BCUT2D eigenvalue weighted by molar-refractivity contribution is 14.1. The van der Waals surface area contributed by atoms with E-state index in [-0.39, 0.29) is 12.1 Å². The van der Waals surface area contributed by atoms with Crippen LogP contribution in [0.1, 0.15) is 40.0 Å². The minimum atomic E-state index is -1.57. The molecule has 0 aromatic rings. The van der Waals surface area contributed by atoms with Gasteiger partial charge < -0.3 is 9.16 Å². The molecule has 0 fully saturated rings. The van der Waals surface area contributed by atoms with E-state index in [1.165, 1.54) is 7.11 Å². The normalized spacial score (nSPS) is 14.0. The lowest BCUT2D eigenvalue weighted by atomic mass is 10.2. The van der Waals surface area contributed by atoms with E-state index < -0.39 is 8.32 Å². The van der Waals surface area contributed by atoms with Crippen LogP contribution in [0.25, 0.3) is 0 Å². The van der Waals surface area contributed by atoms with Gasteiger partial charge in [0.2, 0.25) is 0 Å². The third-order valence-corrected chi connectivity index (χ3v) is 8.98. The molecule has 0 bridgehead atoms. The summed E-state index contributed by atoms with van der Waals surface area (Å²) in [6.45, 7) is 6.74. The molecule has 0 aliphatic carbocycles. The van der Waals surface area contributed by atoms with Crippen LogP contribution in [0, 0.1) is 0 Å². The van der Waals surface area contributed by atoms with E-state index in [2.05, 4.69) is 60.3 Å². The summed E-state index contributed by atoms with van der Waals surface area (Å²) in [4.78, 5) is 11.0. The van der Waals surface area contributed by atoms with E-state index in [9.17, 15) is 4.79 Å². The maximum atomic E-state index is 11.0. The van der Waals surface area contributed by atoms with Gasteiger partial charge in [0.05, 0.1) is 13.2 Å². The number of rotatable bonds is 11. The van der Waals surface area contributed by atoms with Crippen molar-refractivity contribution in [1.82, 2.24) is 0 Å². The highest BCUT2D eigenvalue weighted by Gasteiger charge is 2.30. The third kappa shape index (κ3) is 8.78. The van der Waals surface area contributed by atoms with Gasteiger partial charge in [-0.3, -0.25) is 4.79 Å². The lowest BCUT2D eigenvalue weighted by Crippen LogP contribution is -2.39. The summed E-state index contributed by atoms with van der Waals surface area (Å²) in [5.74, 6) is -0.158. The number of esters is 1. The Morgan fingerprint density at radius 1 is 1.19 bits per heavy atom. The Morgan fingerprint density at radius 3 is 2.29 bits per heavy atom. The second-order valence-electron chi connectivity index (χ2n) is 5.04. The van der Waals surface area contributed by atoms with Gasteiger partial charge in [-0.1, -0.05) is 61.6 Å². The van der Waals surface area contributed by atoms with Crippen molar-refractivity contribution in [3.8, 4) is 0 Å². The summed E-state index contributed by atoms with van der Waals surface area (Å²) in [5.41, 5.74) is 0. The van der Waals surface area contributed by atoms with Crippen molar-refractivity contribution in [1.29, 1.82) is 0 Å². The Hall–Kier alpha value is -0.143. The maximum absolute atomic E-state index is 11.0. The Kier molecular flexibility index (Phi) is 12.3. The quantitative estimate of drug-likeness (QED) is 0.197. The zero-order valence-corrected chi connectivity index (χ0v) is 16.9. The molecule has 0 aromatic carbocycles. The molecule has 1 atom stereocenters.